The number of benzene rings is 9. The smallest absolute Gasteiger partial charge is 0.164 e. The van der Waals surface area contributed by atoms with Gasteiger partial charge in [-0.05, 0) is 104 Å². The summed E-state index contributed by atoms with van der Waals surface area (Å²) in [5, 5.41) is 0. The molecule has 2 atom stereocenters. The van der Waals surface area contributed by atoms with Crippen LogP contribution in [-0.2, 0) is 0 Å². The van der Waals surface area contributed by atoms with Crippen LogP contribution in [0.5, 0.6) is 0 Å². The van der Waals surface area contributed by atoms with Crippen molar-refractivity contribution in [3.8, 4) is 113 Å². The molecule has 0 N–H and O–H groups in total. The summed E-state index contributed by atoms with van der Waals surface area (Å²) in [6, 6.07) is 89.0. The van der Waals surface area contributed by atoms with Gasteiger partial charge in [-0.15, -0.1) is 0 Å². The van der Waals surface area contributed by atoms with Crippen LogP contribution in [-0.4, -0.2) is 39.9 Å². The van der Waals surface area contributed by atoms with E-state index in [0.29, 0.717) is 34.9 Å². The molecule has 0 spiro atoms. The van der Waals surface area contributed by atoms with E-state index in [4.69, 9.17) is 29.9 Å². The van der Waals surface area contributed by atoms with Crippen LogP contribution in [0.2, 0.25) is 0 Å². The molecule has 8 nitrogen and oxygen atoms in total. The van der Waals surface area contributed by atoms with Crippen LogP contribution in [0.1, 0.15) is 45.2 Å². The number of rotatable bonds is 10. The molecule has 0 aliphatic heterocycles. The van der Waals surface area contributed by atoms with Crippen LogP contribution in [0.4, 0.5) is 0 Å². The minimum atomic E-state index is 0.106. The summed E-state index contributed by atoms with van der Waals surface area (Å²) in [4.78, 5) is 39.4. The Morgan fingerprint density at radius 3 is 0.875 bits per heavy atom. The van der Waals surface area contributed by atoms with E-state index in [0.717, 1.165) is 67.0 Å². The van der Waals surface area contributed by atoms with Gasteiger partial charge in [-0.1, -0.05) is 206 Å². The van der Waals surface area contributed by atoms with E-state index in [-0.39, 0.29) is 11.8 Å². The van der Waals surface area contributed by atoms with Crippen LogP contribution >= 0.6 is 0 Å². The van der Waals surface area contributed by atoms with Gasteiger partial charge in [-0.2, -0.15) is 0 Å². The van der Waals surface area contributed by atoms with Gasteiger partial charge in [0.05, 0.1) is 11.4 Å². The van der Waals surface area contributed by atoms with E-state index in [1.807, 2.05) is 134 Å². The lowest BCUT2D eigenvalue weighted by Gasteiger charge is -2.42. The van der Waals surface area contributed by atoms with Crippen molar-refractivity contribution in [3.63, 3.8) is 0 Å². The largest absolute Gasteiger partial charge is 0.256 e. The van der Waals surface area contributed by atoms with Crippen molar-refractivity contribution in [1.82, 2.24) is 39.9 Å². The van der Waals surface area contributed by atoms with Crippen molar-refractivity contribution in [2.45, 2.75) is 11.8 Å². The van der Waals surface area contributed by atoms with E-state index in [9.17, 15) is 0 Å². The first-order valence-corrected chi connectivity index (χ1v) is 26.9. The highest BCUT2D eigenvalue weighted by Gasteiger charge is 2.41. The lowest BCUT2D eigenvalue weighted by molar-refractivity contribution is 0.755. The summed E-state index contributed by atoms with van der Waals surface area (Å²) in [5.41, 5.74) is 22.1. The van der Waals surface area contributed by atoms with Crippen LogP contribution in [0.3, 0.4) is 0 Å². The number of hydrogen-bond acceptors (Lipinski definition) is 8. The molecule has 0 saturated heterocycles. The Morgan fingerprint density at radius 2 is 0.487 bits per heavy atom. The van der Waals surface area contributed by atoms with E-state index in [2.05, 4.69) is 143 Å². The average Bonchev–Trinajstić information content (AvgIpc) is 3.65. The molecule has 9 aromatic carbocycles. The quantitative estimate of drug-likeness (QED) is 0.133. The lowest BCUT2D eigenvalue weighted by atomic mass is 9.60. The van der Waals surface area contributed by atoms with Gasteiger partial charge in [-0.25, -0.2) is 29.9 Å². The van der Waals surface area contributed by atoms with Crippen LogP contribution < -0.4 is 0 Å². The van der Waals surface area contributed by atoms with E-state index in [1.165, 1.54) is 44.5 Å². The molecular weight excluding hydrogens is 977 g/mol. The maximum Gasteiger partial charge on any atom is 0.164 e. The normalized spacial score (nSPS) is 13.8. The Balaban J connectivity index is 0.737. The van der Waals surface area contributed by atoms with E-state index in [1.54, 1.807) is 0 Å². The molecule has 0 amide bonds. The molecule has 3 aliphatic carbocycles. The third-order valence-corrected chi connectivity index (χ3v) is 15.5. The standard InChI is InChI=1S/C72H46N8/c1-3-15-47(16-4-1)67-75-69(79-71(77-67)55-21-13-19-53(41-55)63-25-9-11-39-73-63)49-31-27-45(28-32-49)51-35-37-59-61(43-51)65-57-23-7-8-24-58(57)66(59)62-44-52(36-38-60(62)65)46-29-33-50(34-30-46)70-76-68(48-17-5-2-6-18-48)78-72(80-70)56-22-14-20-54(42-56)64-26-10-12-40-74-64/h1-44,65-66H. The number of hydrogen-bond donors (Lipinski definition) is 0. The topological polar surface area (TPSA) is 103 Å². The Bertz CT molecular complexity index is 4170. The van der Waals surface area contributed by atoms with Crippen molar-refractivity contribution < 1.29 is 0 Å². The average molecular weight is 1020 g/mol. The summed E-state index contributed by atoms with van der Waals surface area (Å²) in [6.45, 7) is 0. The zero-order chi connectivity index (χ0) is 52.9. The SMILES string of the molecule is c1ccc(-c2nc(-c3ccc(-c4ccc5c(c4)C4c6ccccc6C5c5cc(-c6ccc(-c7nc(-c8ccccc8)nc(-c8cccc(-c9ccccn9)c8)n7)cc6)ccc54)cc3)nc(-c3cccc(-c4ccccn4)c3)n2)cc1. The molecule has 3 aliphatic rings. The second-order valence-electron chi connectivity index (χ2n) is 20.3. The first-order valence-electron chi connectivity index (χ1n) is 26.9. The lowest BCUT2D eigenvalue weighted by Crippen LogP contribution is -2.27. The molecule has 4 heterocycles. The number of nitrogens with zero attached hydrogens (tertiary/aromatic N) is 8. The van der Waals surface area contributed by atoms with Crippen LogP contribution in [0.25, 0.3) is 113 Å². The molecule has 80 heavy (non-hydrogen) atoms. The molecule has 0 saturated carbocycles. The highest BCUT2D eigenvalue weighted by molar-refractivity contribution is 5.79. The minimum Gasteiger partial charge on any atom is -0.256 e. The summed E-state index contributed by atoms with van der Waals surface area (Å²) in [6.07, 6.45) is 3.62. The first kappa shape index (κ1) is 46.6. The zero-order valence-corrected chi connectivity index (χ0v) is 43.1. The highest BCUT2D eigenvalue weighted by Crippen LogP contribution is 2.57. The van der Waals surface area contributed by atoms with Gasteiger partial charge in [0.15, 0.2) is 34.9 Å². The molecule has 374 valence electrons. The second kappa shape index (κ2) is 19.7. The van der Waals surface area contributed by atoms with Gasteiger partial charge < -0.3 is 0 Å². The van der Waals surface area contributed by atoms with Crippen molar-refractivity contribution in [2.75, 3.05) is 0 Å². The Kier molecular flexibility index (Phi) is 11.5. The third-order valence-electron chi connectivity index (χ3n) is 15.5. The van der Waals surface area contributed by atoms with Crippen molar-refractivity contribution >= 4 is 0 Å². The Hall–Kier alpha value is -10.7. The summed E-state index contributed by atoms with van der Waals surface area (Å²) in [5.74, 6) is 3.90. The number of pyridine rings is 2. The van der Waals surface area contributed by atoms with Crippen molar-refractivity contribution in [2.24, 2.45) is 0 Å². The van der Waals surface area contributed by atoms with E-state index < -0.39 is 0 Å². The summed E-state index contributed by atoms with van der Waals surface area (Å²) >= 11 is 0. The molecule has 8 heteroatoms. The first-order chi connectivity index (χ1) is 39.6. The maximum atomic E-state index is 5.09. The fourth-order valence-corrected chi connectivity index (χ4v) is 11.6. The summed E-state index contributed by atoms with van der Waals surface area (Å²) < 4.78 is 0. The van der Waals surface area contributed by atoms with Gasteiger partial charge in [0.2, 0.25) is 0 Å². The number of aromatic nitrogens is 8. The molecule has 4 aromatic heterocycles. The predicted octanol–water partition coefficient (Wildman–Crippen LogP) is 16.5. The fourth-order valence-electron chi connectivity index (χ4n) is 11.6. The second-order valence-corrected chi connectivity index (χ2v) is 20.3. The summed E-state index contributed by atoms with van der Waals surface area (Å²) in [7, 11) is 0. The minimum absolute atomic E-state index is 0.106. The highest BCUT2D eigenvalue weighted by atomic mass is 15.0. The van der Waals surface area contributed by atoms with Gasteiger partial charge in [0.25, 0.3) is 0 Å². The molecule has 2 bridgehead atoms. The van der Waals surface area contributed by atoms with Crippen molar-refractivity contribution in [1.29, 1.82) is 0 Å². The predicted molar refractivity (Wildman–Crippen MR) is 318 cm³/mol. The van der Waals surface area contributed by atoms with E-state index >= 15 is 0 Å². The molecule has 13 aromatic rings. The Labute approximate surface area is 463 Å². The maximum absolute atomic E-state index is 5.09. The zero-order valence-electron chi connectivity index (χ0n) is 43.1. The van der Waals surface area contributed by atoms with Crippen LogP contribution in [0.15, 0.2) is 267 Å². The molecule has 0 radical (unpaired) electrons. The monoisotopic (exact) mass is 1020 g/mol. The molecule has 16 rings (SSSR count). The van der Waals surface area contributed by atoms with Gasteiger partial charge >= 0.3 is 0 Å². The Morgan fingerprint density at radius 1 is 0.188 bits per heavy atom. The van der Waals surface area contributed by atoms with Gasteiger partial charge in [0.1, 0.15) is 0 Å². The van der Waals surface area contributed by atoms with Crippen molar-refractivity contribution in [3.05, 3.63) is 301 Å². The fraction of sp³-hybridized carbons (Fsp3) is 0.0278. The van der Waals surface area contributed by atoms with Crippen LogP contribution in [0, 0.1) is 0 Å². The van der Waals surface area contributed by atoms with Gasteiger partial charge in [0, 0.05) is 68.7 Å². The molecule has 2 unspecified atom stereocenters. The third kappa shape index (κ3) is 8.52. The molecule has 0 fully saturated rings. The molecular formula is C72H46N8. The van der Waals surface area contributed by atoms with Gasteiger partial charge in [-0.3, -0.25) is 9.97 Å².